The van der Waals surface area contributed by atoms with Gasteiger partial charge < -0.3 is 10.2 Å². The molecule has 106 valence electrons. The molecule has 0 bridgehead atoms. The molecule has 20 heavy (non-hydrogen) atoms. The molecule has 0 spiro atoms. The highest BCUT2D eigenvalue weighted by Crippen LogP contribution is 2.31. The highest BCUT2D eigenvalue weighted by molar-refractivity contribution is 6.31. The fraction of sp³-hybridized carbons (Fsp3) is 0.467. The number of rotatable bonds is 3. The van der Waals surface area contributed by atoms with Gasteiger partial charge in [0.25, 0.3) is 0 Å². The van der Waals surface area contributed by atoms with Crippen LogP contribution in [-0.2, 0) is 9.59 Å². The summed E-state index contributed by atoms with van der Waals surface area (Å²) in [6.45, 7) is 2.33. The lowest BCUT2D eigenvalue weighted by Gasteiger charge is -2.19. The molecule has 0 radical (unpaired) electrons. The van der Waals surface area contributed by atoms with Crippen molar-refractivity contribution < 1.29 is 9.59 Å². The van der Waals surface area contributed by atoms with Crippen molar-refractivity contribution in [2.45, 2.75) is 32.2 Å². The summed E-state index contributed by atoms with van der Waals surface area (Å²) in [5, 5.41) is 3.61. The van der Waals surface area contributed by atoms with Crippen LogP contribution in [-0.4, -0.2) is 24.4 Å². The summed E-state index contributed by atoms with van der Waals surface area (Å²) >= 11 is 6.10. The summed E-state index contributed by atoms with van der Waals surface area (Å²) in [6, 6.07) is 5.84. The van der Waals surface area contributed by atoms with E-state index >= 15 is 0 Å². The average Bonchev–Trinajstić information content (AvgIpc) is 3.14. The molecule has 1 N–H and O–H groups in total. The molecule has 2 fully saturated rings. The first-order chi connectivity index (χ1) is 9.56. The van der Waals surface area contributed by atoms with Gasteiger partial charge in [0.2, 0.25) is 11.8 Å². The van der Waals surface area contributed by atoms with Crippen LogP contribution in [0.4, 0.5) is 5.69 Å². The highest BCUT2D eigenvalue weighted by atomic mass is 35.5. The topological polar surface area (TPSA) is 49.4 Å². The molecule has 2 aliphatic rings. The van der Waals surface area contributed by atoms with Gasteiger partial charge in [0, 0.05) is 29.7 Å². The van der Waals surface area contributed by atoms with Gasteiger partial charge in [-0.05, 0) is 37.5 Å². The molecule has 1 saturated carbocycles. The Kier molecular flexibility index (Phi) is 3.42. The molecular formula is C15H17ClN2O2. The third kappa shape index (κ3) is 2.52. The van der Waals surface area contributed by atoms with Gasteiger partial charge in [-0.15, -0.1) is 0 Å². The fourth-order valence-electron chi connectivity index (χ4n) is 2.55. The van der Waals surface area contributed by atoms with Gasteiger partial charge in [0.15, 0.2) is 0 Å². The zero-order valence-corrected chi connectivity index (χ0v) is 12.1. The van der Waals surface area contributed by atoms with E-state index in [1.807, 2.05) is 19.1 Å². The van der Waals surface area contributed by atoms with Crippen molar-refractivity contribution in [1.82, 2.24) is 5.32 Å². The number of benzene rings is 1. The molecule has 4 nitrogen and oxygen atoms in total. The molecule has 1 aromatic rings. The summed E-state index contributed by atoms with van der Waals surface area (Å²) < 4.78 is 0. The number of anilines is 1. The number of hydrogen-bond donors (Lipinski definition) is 1. The predicted molar refractivity (Wildman–Crippen MR) is 77.8 cm³/mol. The smallest absolute Gasteiger partial charge is 0.227 e. The van der Waals surface area contributed by atoms with Crippen molar-refractivity contribution in [3.05, 3.63) is 28.8 Å². The number of amides is 2. The molecule has 1 heterocycles. The van der Waals surface area contributed by atoms with Crippen molar-refractivity contribution in [3.63, 3.8) is 0 Å². The Hall–Kier alpha value is -1.55. The van der Waals surface area contributed by atoms with Gasteiger partial charge in [0.1, 0.15) is 0 Å². The summed E-state index contributed by atoms with van der Waals surface area (Å²) in [5.41, 5.74) is 1.69. The standard InChI is InChI=1S/C15H17ClN2O2/c1-9-12(16)3-2-4-13(9)18-8-10(7-14(18)19)15(20)17-11-5-6-11/h2-4,10-11H,5-8H2,1H3,(H,17,20). The molecule has 1 aliphatic heterocycles. The molecule has 1 aliphatic carbocycles. The molecule has 1 atom stereocenters. The van der Waals surface area contributed by atoms with Gasteiger partial charge in [0.05, 0.1) is 5.92 Å². The first kappa shape index (κ1) is 13.4. The van der Waals surface area contributed by atoms with Crippen molar-refractivity contribution >= 4 is 29.1 Å². The van der Waals surface area contributed by atoms with Crippen molar-refractivity contribution in [3.8, 4) is 0 Å². The molecule has 2 amide bonds. The maximum absolute atomic E-state index is 12.2. The Morgan fingerprint density at radius 1 is 1.40 bits per heavy atom. The number of hydrogen-bond acceptors (Lipinski definition) is 2. The van der Waals surface area contributed by atoms with E-state index in [0.717, 1.165) is 24.1 Å². The average molecular weight is 293 g/mol. The van der Waals surface area contributed by atoms with Gasteiger partial charge >= 0.3 is 0 Å². The number of carbonyl (C=O) groups is 2. The summed E-state index contributed by atoms with van der Waals surface area (Å²) in [4.78, 5) is 25.9. The maximum Gasteiger partial charge on any atom is 0.227 e. The first-order valence-electron chi connectivity index (χ1n) is 6.92. The van der Waals surface area contributed by atoms with Crippen LogP contribution in [0.5, 0.6) is 0 Å². The third-order valence-corrected chi connectivity index (χ3v) is 4.36. The zero-order chi connectivity index (χ0) is 14.3. The van der Waals surface area contributed by atoms with E-state index in [9.17, 15) is 9.59 Å². The van der Waals surface area contributed by atoms with E-state index in [0.29, 0.717) is 17.6 Å². The van der Waals surface area contributed by atoms with E-state index < -0.39 is 0 Å². The normalized spacial score (nSPS) is 22.2. The van der Waals surface area contributed by atoms with E-state index in [1.54, 1.807) is 11.0 Å². The zero-order valence-electron chi connectivity index (χ0n) is 11.4. The van der Waals surface area contributed by atoms with Crippen molar-refractivity contribution in [2.24, 2.45) is 5.92 Å². The molecular weight excluding hydrogens is 276 g/mol. The first-order valence-corrected chi connectivity index (χ1v) is 7.30. The molecule has 5 heteroatoms. The Balaban J connectivity index is 1.76. The Morgan fingerprint density at radius 2 is 2.15 bits per heavy atom. The minimum atomic E-state index is -0.249. The largest absolute Gasteiger partial charge is 0.353 e. The second-order valence-electron chi connectivity index (χ2n) is 5.57. The van der Waals surface area contributed by atoms with Crippen LogP contribution in [0.25, 0.3) is 0 Å². The van der Waals surface area contributed by atoms with E-state index in [4.69, 9.17) is 11.6 Å². The van der Waals surface area contributed by atoms with Gasteiger partial charge in [-0.1, -0.05) is 17.7 Å². The second kappa shape index (κ2) is 5.09. The molecule has 1 saturated heterocycles. The lowest BCUT2D eigenvalue weighted by atomic mass is 10.1. The molecule has 1 aromatic carbocycles. The summed E-state index contributed by atoms with van der Waals surface area (Å²) in [5.74, 6) is -0.254. The monoisotopic (exact) mass is 292 g/mol. The SMILES string of the molecule is Cc1c(Cl)cccc1N1CC(C(=O)NC2CC2)CC1=O. The Labute approximate surface area is 123 Å². The second-order valence-corrected chi connectivity index (χ2v) is 5.98. The number of carbonyl (C=O) groups excluding carboxylic acids is 2. The minimum absolute atomic E-state index is 0.00281. The summed E-state index contributed by atoms with van der Waals surface area (Å²) in [6.07, 6.45) is 2.40. The number of nitrogens with zero attached hydrogens (tertiary/aromatic N) is 1. The van der Waals surface area contributed by atoms with Crippen LogP contribution in [0, 0.1) is 12.8 Å². The van der Waals surface area contributed by atoms with Crippen molar-refractivity contribution in [2.75, 3.05) is 11.4 Å². The van der Waals surface area contributed by atoms with Crippen LogP contribution >= 0.6 is 11.6 Å². The quantitative estimate of drug-likeness (QED) is 0.929. The van der Waals surface area contributed by atoms with E-state index in [-0.39, 0.29) is 24.2 Å². The van der Waals surface area contributed by atoms with Gasteiger partial charge in [-0.25, -0.2) is 0 Å². The van der Waals surface area contributed by atoms with Crippen LogP contribution in [0.2, 0.25) is 5.02 Å². The minimum Gasteiger partial charge on any atom is -0.353 e. The Bertz CT molecular complexity index is 569. The third-order valence-electron chi connectivity index (χ3n) is 3.95. The predicted octanol–water partition coefficient (Wildman–Crippen LogP) is 2.28. The van der Waals surface area contributed by atoms with Crippen LogP contribution in [0.15, 0.2) is 18.2 Å². The lowest BCUT2D eigenvalue weighted by Crippen LogP contribution is -2.34. The lowest BCUT2D eigenvalue weighted by molar-refractivity contribution is -0.126. The van der Waals surface area contributed by atoms with E-state index in [2.05, 4.69) is 5.32 Å². The van der Waals surface area contributed by atoms with Crippen LogP contribution in [0.1, 0.15) is 24.8 Å². The summed E-state index contributed by atoms with van der Waals surface area (Å²) in [7, 11) is 0. The van der Waals surface area contributed by atoms with Crippen LogP contribution < -0.4 is 10.2 Å². The van der Waals surface area contributed by atoms with E-state index in [1.165, 1.54) is 0 Å². The fourth-order valence-corrected chi connectivity index (χ4v) is 2.72. The Morgan fingerprint density at radius 3 is 2.85 bits per heavy atom. The highest BCUT2D eigenvalue weighted by Gasteiger charge is 2.37. The molecule has 3 rings (SSSR count). The maximum atomic E-state index is 12.2. The number of halogens is 1. The van der Waals surface area contributed by atoms with Gasteiger partial charge in [-0.2, -0.15) is 0 Å². The van der Waals surface area contributed by atoms with Gasteiger partial charge in [-0.3, -0.25) is 9.59 Å². The van der Waals surface area contributed by atoms with Crippen molar-refractivity contribution in [1.29, 1.82) is 0 Å². The molecule has 1 unspecified atom stereocenters. The number of nitrogens with one attached hydrogen (secondary N) is 1. The molecule has 0 aromatic heterocycles. The van der Waals surface area contributed by atoms with Crippen LogP contribution in [0.3, 0.4) is 0 Å².